The van der Waals surface area contributed by atoms with Crippen molar-refractivity contribution < 1.29 is 4.79 Å². The van der Waals surface area contributed by atoms with Crippen molar-refractivity contribution >= 4 is 17.4 Å². The Balaban J connectivity index is 1.94. The van der Waals surface area contributed by atoms with Crippen molar-refractivity contribution in [3.63, 3.8) is 0 Å². The third-order valence-electron chi connectivity index (χ3n) is 3.11. The monoisotopic (exact) mass is 272 g/mol. The summed E-state index contributed by atoms with van der Waals surface area (Å²) in [6.07, 6.45) is 0.936. The molecule has 2 aromatic rings. The average Bonchev–Trinajstić information content (AvgIpc) is 2.75. The Morgan fingerprint density at radius 1 is 1.35 bits per heavy atom. The molecule has 1 heterocycles. The molecule has 0 radical (unpaired) electrons. The van der Waals surface area contributed by atoms with Crippen molar-refractivity contribution in [1.82, 2.24) is 9.78 Å². The van der Waals surface area contributed by atoms with Gasteiger partial charge in [0.2, 0.25) is 5.91 Å². The lowest BCUT2D eigenvalue weighted by molar-refractivity contribution is -0.114. The van der Waals surface area contributed by atoms with E-state index in [1.54, 1.807) is 4.68 Å². The van der Waals surface area contributed by atoms with E-state index in [9.17, 15) is 4.79 Å². The molecule has 0 saturated carbocycles. The number of carbonyl (C=O) groups excluding carboxylic acids is 1. The van der Waals surface area contributed by atoms with Gasteiger partial charge in [0.05, 0.1) is 12.2 Å². The summed E-state index contributed by atoms with van der Waals surface area (Å²) in [5.41, 5.74) is 3.09. The number of aryl methyl sites for hydroxylation is 3. The van der Waals surface area contributed by atoms with Gasteiger partial charge in [0.1, 0.15) is 5.82 Å². The third-order valence-corrected chi connectivity index (χ3v) is 3.11. The minimum atomic E-state index is -0.0843. The van der Waals surface area contributed by atoms with Gasteiger partial charge in [-0.2, -0.15) is 5.10 Å². The molecule has 5 heteroatoms. The molecule has 5 nitrogen and oxygen atoms in total. The van der Waals surface area contributed by atoms with E-state index in [1.165, 1.54) is 5.56 Å². The highest BCUT2D eigenvalue weighted by Crippen LogP contribution is 2.15. The molecule has 1 aromatic carbocycles. The molecule has 0 spiro atoms. The van der Waals surface area contributed by atoms with Crippen LogP contribution in [0.5, 0.6) is 0 Å². The molecule has 0 unspecified atom stereocenters. The number of amides is 1. The first-order valence-corrected chi connectivity index (χ1v) is 6.72. The maximum atomic E-state index is 11.9. The van der Waals surface area contributed by atoms with Crippen LogP contribution in [0, 0.1) is 6.92 Å². The Bertz CT molecular complexity index is 604. The average molecular weight is 272 g/mol. The van der Waals surface area contributed by atoms with E-state index in [0.29, 0.717) is 5.82 Å². The molecule has 1 aromatic heterocycles. The van der Waals surface area contributed by atoms with Crippen molar-refractivity contribution in [2.45, 2.75) is 20.3 Å². The lowest BCUT2D eigenvalue weighted by atomic mass is 10.1. The zero-order chi connectivity index (χ0) is 14.5. The van der Waals surface area contributed by atoms with E-state index in [4.69, 9.17) is 0 Å². The van der Waals surface area contributed by atoms with Crippen LogP contribution in [-0.2, 0) is 18.3 Å². The molecule has 0 aliphatic rings. The second kappa shape index (κ2) is 6.23. The second-order valence-electron chi connectivity index (χ2n) is 4.71. The Labute approximate surface area is 119 Å². The van der Waals surface area contributed by atoms with E-state index in [0.717, 1.165) is 17.8 Å². The smallest absolute Gasteiger partial charge is 0.244 e. The molecule has 0 aliphatic heterocycles. The van der Waals surface area contributed by atoms with Crippen LogP contribution < -0.4 is 10.6 Å². The van der Waals surface area contributed by atoms with Crippen LogP contribution in [0.15, 0.2) is 30.3 Å². The topological polar surface area (TPSA) is 59.0 Å². The number of nitrogens with zero attached hydrogens (tertiary/aromatic N) is 2. The molecule has 0 saturated heterocycles. The molecule has 20 heavy (non-hydrogen) atoms. The van der Waals surface area contributed by atoms with Crippen LogP contribution in [0.2, 0.25) is 0 Å². The number of carbonyl (C=O) groups is 1. The summed E-state index contributed by atoms with van der Waals surface area (Å²) < 4.78 is 1.66. The van der Waals surface area contributed by atoms with Crippen LogP contribution in [-0.4, -0.2) is 22.2 Å². The van der Waals surface area contributed by atoms with Crippen molar-refractivity contribution in [2.24, 2.45) is 7.05 Å². The van der Waals surface area contributed by atoms with Gasteiger partial charge in [0.15, 0.2) is 0 Å². The summed E-state index contributed by atoms with van der Waals surface area (Å²) in [7, 11) is 1.81. The van der Waals surface area contributed by atoms with Gasteiger partial charge in [-0.3, -0.25) is 9.48 Å². The first-order chi connectivity index (χ1) is 9.60. The summed E-state index contributed by atoms with van der Waals surface area (Å²) >= 11 is 0. The number of nitrogens with one attached hydrogen (secondary N) is 2. The normalized spacial score (nSPS) is 10.3. The van der Waals surface area contributed by atoms with Crippen LogP contribution in [0.4, 0.5) is 11.5 Å². The number of benzene rings is 1. The Morgan fingerprint density at radius 3 is 2.75 bits per heavy atom. The first-order valence-electron chi connectivity index (χ1n) is 6.72. The van der Waals surface area contributed by atoms with Crippen molar-refractivity contribution in [1.29, 1.82) is 0 Å². The number of hydrogen-bond donors (Lipinski definition) is 2. The molecule has 106 valence electrons. The summed E-state index contributed by atoms with van der Waals surface area (Å²) in [4.78, 5) is 11.9. The maximum Gasteiger partial charge on any atom is 0.244 e. The van der Waals surface area contributed by atoms with E-state index >= 15 is 0 Å². The van der Waals surface area contributed by atoms with Crippen LogP contribution in [0.3, 0.4) is 0 Å². The van der Waals surface area contributed by atoms with Gasteiger partial charge in [-0.15, -0.1) is 0 Å². The minimum absolute atomic E-state index is 0.0843. The minimum Gasteiger partial charge on any atom is -0.376 e. The molecular weight excluding hydrogens is 252 g/mol. The highest BCUT2D eigenvalue weighted by molar-refractivity contribution is 5.93. The van der Waals surface area contributed by atoms with Crippen molar-refractivity contribution in [3.05, 3.63) is 41.6 Å². The lowest BCUT2D eigenvalue weighted by Gasteiger charge is -2.11. The van der Waals surface area contributed by atoms with Crippen LogP contribution >= 0.6 is 0 Å². The van der Waals surface area contributed by atoms with Crippen molar-refractivity contribution in [3.8, 4) is 0 Å². The molecule has 2 rings (SSSR count). The number of para-hydroxylation sites is 1. The van der Waals surface area contributed by atoms with Gasteiger partial charge in [-0.25, -0.2) is 0 Å². The number of anilines is 2. The fraction of sp³-hybridized carbons (Fsp3) is 0.333. The number of rotatable bonds is 5. The van der Waals surface area contributed by atoms with Gasteiger partial charge in [0.25, 0.3) is 0 Å². The van der Waals surface area contributed by atoms with Gasteiger partial charge < -0.3 is 10.6 Å². The van der Waals surface area contributed by atoms with E-state index in [1.807, 2.05) is 38.2 Å². The quantitative estimate of drug-likeness (QED) is 0.878. The molecular formula is C15H20N4O. The Morgan fingerprint density at radius 2 is 2.10 bits per heavy atom. The largest absolute Gasteiger partial charge is 0.376 e. The summed E-state index contributed by atoms with van der Waals surface area (Å²) in [6.45, 7) is 4.23. The molecule has 0 atom stereocenters. The van der Waals surface area contributed by atoms with Crippen molar-refractivity contribution in [2.75, 3.05) is 17.2 Å². The Hall–Kier alpha value is -2.30. The fourth-order valence-corrected chi connectivity index (χ4v) is 2.09. The summed E-state index contributed by atoms with van der Waals surface area (Å²) in [5, 5.41) is 10.2. The fourth-order valence-electron chi connectivity index (χ4n) is 2.09. The zero-order valence-electron chi connectivity index (χ0n) is 12.1. The predicted octanol–water partition coefficient (Wildman–Crippen LogP) is 2.34. The highest BCUT2D eigenvalue weighted by atomic mass is 16.2. The molecule has 2 N–H and O–H groups in total. The predicted molar refractivity (Wildman–Crippen MR) is 80.9 cm³/mol. The van der Waals surface area contributed by atoms with Crippen LogP contribution in [0.25, 0.3) is 0 Å². The number of hydrogen-bond acceptors (Lipinski definition) is 3. The SMILES string of the molecule is CCc1ccccc1NCC(=O)Nc1cc(C)nn1C. The maximum absolute atomic E-state index is 11.9. The van der Waals surface area contributed by atoms with Gasteiger partial charge in [0, 0.05) is 18.8 Å². The zero-order valence-corrected chi connectivity index (χ0v) is 12.1. The molecule has 1 amide bonds. The molecule has 0 aliphatic carbocycles. The highest BCUT2D eigenvalue weighted by Gasteiger charge is 2.07. The summed E-state index contributed by atoms with van der Waals surface area (Å²) in [6, 6.07) is 9.86. The van der Waals surface area contributed by atoms with E-state index in [-0.39, 0.29) is 12.5 Å². The number of aromatic nitrogens is 2. The van der Waals surface area contributed by atoms with Gasteiger partial charge in [-0.1, -0.05) is 25.1 Å². The van der Waals surface area contributed by atoms with E-state index in [2.05, 4.69) is 28.7 Å². The second-order valence-corrected chi connectivity index (χ2v) is 4.71. The molecule has 0 fully saturated rings. The molecule has 0 bridgehead atoms. The third kappa shape index (κ3) is 3.38. The van der Waals surface area contributed by atoms with E-state index < -0.39 is 0 Å². The summed E-state index contributed by atoms with van der Waals surface area (Å²) in [5.74, 6) is 0.622. The van der Waals surface area contributed by atoms with Gasteiger partial charge >= 0.3 is 0 Å². The Kier molecular flexibility index (Phi) is 4.40. The van der Waals surface area contributed by atoms with Crippen LogP contribution in [0.1, 0.15) is 18.2 Å². The lowest BCUT2D eigenvalue weighted by Crippen LogP contribution is -2.23. The van der Waals surface area contributed by atoms with Gasteiger partial charge in [-0.05, 0) is 25.0 Å². The first kappa shape index (κ1) is 14.1. The standard InChI is InChI=1S/C15H20N4O/c1-4-12-7-5-6-8-13(12)16-10-15(20)17-14-9-11(2)18-19(14)3/h5-9,16H,4,10H2,1-3H3,(H,17,20).